The Morgan fingerprint density at radius 1 is 1.21 bits per heavy atom. The lowest BCUT2D eigenvalue weighted by molar-refractivity contribution is -0.130. The van der Waals surface area contributed by atoms with Crippen molar-refractivity contribution in [1.82, 2.24) is 9.80 Å². The van der Waals surface area contributed by atoms with Crippen molar-refractivity contribution in [2.75, 3.05) is 24.7 Å². The predicted octanol–water partition coefficient (Wildman–Crippen LogP) is 5.24. The van der Waals surface area contributed by atoms with Crippen LogP contribution in [0.4, 0.5) is 5.69 Å². The van der Waals surface area contributed by atoms with E-state index < -0.39 is 0 Å². The molecule has 0 aromatic heterocycles. The van der Waals surface area contributed by atoms with Gasteiger partial charge < -0.3 is 15.1 Å². The highest BCUT2D eigenvalue weighted by molar-refractivity contribution is 7.98. The highest BCUT2D eigenvalue weighted by atomic mass is 32.2. The molecular weight excluding hydrogens is 398 g/mol. The molecule has 1 aliphatic heterocycles. The summed E-state index contributed by atoms with van der Waals surface area (Å²) < 4.78 is 0. The van der Waals surface area contributed by atoms with Crippen molar-refractivity contribution in [2.45, 2.75) is 69.9 Å². The normalized spacial score (nSPS) is 25.5. The van der Waals surface area contributed by atoms with Gasteiger partial charge in [-0.2, -0.15) is 0 Å². The van der Waals surface area contributed by atoms with Gasteiger partial charge in [0.05, 0.1) is 0 Å². The van der Waals surface area contributed by atoms with Crippen LogP contribution in [0.25, 0.3) is 0 Å². The number of rotatable bonds is 4. The van der Waals surface area contributed by atoms with Crippen LogP contribution in [0.2, 0.25) is 0 Å². The Kier molecular flexibility index (Phi) is 7.85. The van der Waals surface area contributed by atoms with E-state index in [1.54, 1.807) is 18.7 Å². The zero-order chi connectivity index (χ0) is 21.0. The van der Waals surface area contributed by atoms with Gasteiger partial charge in [0, 0.05) is 42.7 Å². The second-order valence-corrected chi connectivity index (χ2v) is 9.91. The molecule has 1 saturated heterocycles. The zero-order valence-corrected chi connectivity index (χ0v) is 19.8. The Morgan fingerprint density at radius 3 is 2.59 bits per heavy atom. The van der Waals surface area contributed by atoms with Gasteiger partial charge in [-0.1, -0.05) is 32.8 Å². The summed E-state index contributed by atoms with van der Waals surface area (Å²) in [5.41, 5.74) is 1.06. The standard InChI is InChI=1S/C23H35N3OS2/c1-16-7-5-10-22(17(16)2)26(20-11-13-25(14-12-20)18(3)27)23(28)24-19-8-6-9-21(15-19)29-4/h6,8-9,15-17,20,22H,5,7,10-14H2,1-4H3,(H,24,28)/t16-,17-,22-/m1/s1. The topological polar surface area (TPSA) is 35.6 Å². The number of nitrogens with zero attached hydrogens (tertiary/aromatic N) is 2. The Labute approximate surface area is 185 Å². The molecule has 29 heavy (non-hydrogen) atoms. The Balaban J connectivity index is 1.80. The molecule has 2 aliphatic rings. The number of thioether (sulfide) groups is 1. The minimum atomic E-state index is 0.184. The van der Waals surface area contributed by atoms with Gasteiger partial charge in [0.1, 0.15) is 0 Å². The minimum absolute atomic E-state index is 0.184. The lowest BCUT2D eigenvalue weighted by atomic mass is 9.76. The van der Waals surface area contributed by atoms with Crippen LogP contribution in [0.5, 0.6) is 0 Å². The van der Waals surface area contributed by atoms with Crippen LogP contribution in [-0.4, -0.2) is 52.2 Å². The third kappa shape index (κ3) is 5.46. The number of piperidine rings is 1. The number of nitrogens with one attached hydrogen (secondary N) is 1. The molecule has 1 heterocycles. The van der Waals surface area contributed by atoms with E-state index in [-0.39, 0.29) is 5.91 Å². The van der Waals surface area contributed by atoms with Crippen molar-refractivity contribution in [3.05, 3.63) is 24.3 Å². The summed E-state index contributed by atoms with van der Waals surface area (Å²) in [5.74, 6) is 1.52. The molecule has 1 amide bonds. The monoisotopic (exact) mass is 433 g/mol. The highest BCUT2D eigenvalue weighted by Crippen LogP contribution is 2.36. The maximum atomic E-state index is 11.8. The first kappa shape index (κ1) is 22.4. The summed E-state index contributed by atoms with van der Waals surface area (Å²) in [5, 5.41) is 4.39. The van der Waals surface area contributed by atoms with Gasteiger partial charge >= 0.3 is 0 Å². The smallest absolute Gasteiger partial charge is 0.219 e. The highest BCUT2D eigenvalue weighted by Gasteiger charge is 2.37. The lowest BCUT2D eigenvalue weighted by Crippen LogP contribution is -2.56. The Morgan fingerprint density at radius 2 is 1.93 bits per heavy atom. The summed E-state index contributed by atoms with van der Waals surface area (Å²) >= 11 is 7.74. The fourth-order valence-corrected chi connectivity index (χ4v) is 5.74. The number of anilines is 1. The van der Waals surface area contributed by atoms with Gasteiger partial charge in [-0.15, -0.1) is 11.8 Å². The molecule has 160 valence electrons. The number of carbonyl (C=O) groups excluding carboxylic acids is 1. The molecule has 0 bridgehead atoms. The summed E-state index contributed by atoms with van der Waals surface area (Å²) in [6, 6.07) is 9.33. The van der Waals surface area contributed by atoms with Crippen LogP contribution < -0.4 is 5.32 Å². The maximum absolute atomic E-state index is 11.8. The average Bonchev–Trinajstić information content (AvgIpc) is 2.72. The summed E-state index contributed by atoms with van der Waals surface area (Å²) in [6.07, 6.45) is 7.85. The zero-order valence-electron chi connectivity index (χ0n) is 18.2. The summed E-state index contributed by atoms with van der Waals surface area (Å²) in [6.45, 7) is 8.11. The van der Waals surface area contributed by atoms with Crippen LogP contribution in [-0.2, 0) is 4.79 Å². The molecule has 1 aromatic rings. The van der Waals surface area contributed by atoms with Gasteiger partial charge in [0.25, 0.3) is 0 Å². The van der Waals surface area contributed by atoms with Crippen molar-refractivity contribution >= 4 is 40.7 Å². The third-order valence-electron chi connectivity index (χ3n) is 6.88. The molecule has 2 fully saturated rings. The fourth-order valence-electron chi connectivity index (χ4n) is 4.88. The largest absolute Gasteiger partial charge is 0.343 e. The lowest BCUT2D eigenvalue weighted by Gasteiger charge is -2.48. The molecule has 3 rings (SSSR count). The van der Waals surface area contributed by atoms with E-state index >= 15 is 0 Å². The van der Waals surface area contributed by atoms with Gasteiger partial charge in [-0.3, -0.25) is 4.79 Å². The average molecular weight is 434 g/mol. The summed E-state index contributed by atoms with van der Waals surface area (Å²) in [7, 11) is 0. The number of carbonyl (C=O) groups is 1. The first-order chi connectivity index (χ1) is 13.9. The van der Waals surface area contributed by atoms with Crippen molar-refractivity contribution in [2.24, 2.45) is 11.8 Å². The second kappa shape index (κ2) is 10.2. The van der Waals surface area contributed by atoms with Crippen LogP contribution in [0.15, 0.2) is 29.2 Å². The number of hydrogen-bond donors (Lipinski definition) is 1. The predicted molar refractivity (Wildman–Crippen MR) is 128 cm³/mol. The number of thiocarbonyl (C=S) groups is 1. The summed E-state index contributed by atoms with van der Waals surface area (Å²) in [4.78, 5) is 17.5. The van der Waals surface area contributed by atoms with Crippen LogP contribution in [0, 0.1) is 11.8 Å². The third-order valence-corrected chi connectivity index (χ3v) is 7.92. The SMILES string of the molecule is CSc1cccc(NC(=S)N(C2CCN(C(C)=O)CC2)[C@@H]2CCC[C@@H](C)[C@H]2C)c1. The maximum Gasteiger partial charge on any atom is 0.219 e. The van der Waals surface area contributed by atoms with E-state index in [1.165, 1.54) is 24.2 Å². The van der Waals surface area contributed by atoms with Crippen LogP contribution >= 0.6 is 24.0 Å². The van der Waals surface area contributed by atoms with Gasteiger partial charge in [-0.05, 0) is 67.8 Å². The molecule has 3 atom stereocenters. The van der Waals surface area contributed by atoms with E-state index in [2.05, 4.69) is 54.6 Å². The van der Waals surface area contributed by atoms with Crippen molar-refractivity contribution in [3.8, 4) is 0 Å². The van der Waals surface area contributed by atoms with E-state index in [9.17, 15) is 4.79 Å². The molecule has 1 aliphatic carbocycles. The van der Waals surface area contributed by atoms with Crippen molar-refractivity contribution in [3.63, 3.8) is 0 Å². The van der Waals surface area contributed by atoms with E-state index in [0.717, 1.165) is 42.6 Å². The second-order valence-electron chi connectivity index (χ2n) is 8.64. The number of hydrogen-bond acceptors (Lipinski definition) is 3. The van der Waals surface area contributed by atoms with Crippen LogP contribution in [0.1, 0.15) is 52.9 Å². The first-order valence-electron chi connectivity index (χ1n) is 10.9. The number of benzene rings is 1. The Hall–Kier alpha value is -1.27. The van der Waals surface area contributed by atoms with E-state index in [0.29, 0.717) is 18.0 Å². The van der Waals surface area contributed by atoms with Gasteiger partial charge in [0.15, 0.2) is 5.11 Å². The number of likely N-dealkylation sites (tertiary alicyclic amines) is 1. The molecule has 1 saturated carbocycles. The molecule has 1 aromatic carbocycles. The molecule has 0 spiro atoms. The van der Waals surface area contributed by atoms with Crippen molar-refractivity contribution < 1.29 is 4.79 Å². The molecule has 0 unspecified atom stereocenters. The first-order valence-corrected chi connectivity index (χ1v) is 12.5. The fraction of sp³-hybridized carbons (Fsp3) is 0.652. The molecular formula is C23H35N3OS2. The minimum Gasteiger partial charge on any atom is -0.343 e. The molecule has 4 nitrogen and oxygen atoms in total. The van der Waals surface area contributed by atoms with Gasteiger partial charge in [-0.25, -0.2) is 0 Å². The quantitative estimate of drug-likeness (QED) is 0.519. The molecule has 6 heteroatoms. The van der Waals surface area contributed by atoms with E-state index in [4.69, 9.17) is 12.2 Å². The molecule has 0 radical (unpaired) electrons. The van der Waals surface area contributed by atoms with Crippen molar-refractivity contribution in [1.29, 1.82) is 0 Å². The number of amides is 1. The molecule has 1 N–H and O–H groups in total. The van der Waals surface area contributed by atoms with E-state index in [1.807, 2.05) is 4.90 Å². The van der Waals surface area contributed by atoms with Crippen LogP contribution in [0.3, 0.4) is 0 Å². The van der Waals surface area contributed by atoms with Gasteiger partial charge in [0.2, 0.25) is 5.91 Å². The Bertz CT molecular complexity index is 718.